The molecule has 148 valence electrons. The van der Waals surface area contributed by atoms with Crippen LogP contribution in [0.3, 0.4) is 0 Å². The largest absolute Gasteiger partial charge is 0.495 e. The average molecular weight is 394 g/mol. The normalized spacial score (nSPS) is 27.1. The number of anilines is 2. The standard InChI is InChI=1S/C20H27N3O3.ClH/c1-26-17-8-7-15(11-16(17)23-10-4-6-18(23)24)22-19(25)20-9-3-2-5-14(20)12-21-13-20;/h7-8,11,14,21H,2-6,9-10,12-13H2,1H3,(H,22,25);1H/t14-,20+;/m0./s1. The Morgan fingerprint density at radius 1 is 1.33 bits per heavy atom. The lowest BCUT2D eigenvalue weighted by Crippen LogP contribution is -2.44. The summed E-state index contributed by atoms with van der Waals surface area (Å²) >= 11 is 0. The zero-order valence-corrected chi connectivity index (χ0v) is 16.6. The molecule has 3 aliphatic rings. The topological polar surface area (TPSA) is 70.7 Å². The molecule has 1 aromatic carbocycles. The van der Waals surface area contributed by atoms with E-state index in [0.29, 0.717) is 24.6 Å². The molecule has 0 aromatic heterocycles. The second-order valence-electron chi connectivity index (χ2n) is 7.72. The summed E-state index contributed by atoms with van der Waals surface area (Å²) in [5, 5.41) is 6.55. The van der Waals surface area contributed by atoms with Crippen molar-refractivity contribution >= 4 is 35.6 Å². The summed E-state index contributed by atoms with van der Waals surface area (Å²) in [5.74, 6) is 1.30. The molecule has 2 amide bonds. The number of fused-ring (bicyclic) bond motifs is 1. The molecule has 27 heavy (non-hydrogen) atoms. The van der Waals surface area contributed by atoms with Crippen molar-refractivity contribution in [1.29, 1.82) is 0 Å². The van der Waals surface area contributed by atoms with E-state index in [-0.39, 0.29) is 29.6 Å². The van der Waals surface area contributed by atoms with E-state index in [2.05, 4.69) is 10.6 Å². The molecule has 1 aromatic rings. The lowest BCUT2D eigenvalue weighted by Gasteiger charge is -2.37. The maximum Gasteiger partial charge on any atom is 0.232 e. The minimum absolute atomic E-state index is 0. The van der Waals surface area contributed by atoms with E-state index in [4.69, 9.17) is 4.74 Å². The number of rotatable bonds is 4. The van der Waals surface area contributed by atoms with Gasteiger partial charge in [0, 0.05) is 25.2 Å². The van der Waals surface area contributed by atoms with Gasteiger partial charge in [-0.3, -0.25) is 9.59 Å². The van der Waals surface area contributed by atoms with Crippen molar-refractivity contribution in [2.24, 2.45) is 11.3 Å². The molecule has 0 unspecified atom stereocenters. The zero-order valence-electron chi connectivity index (χ0n) is 15.8. The van der Waals surface area contributed by atoms with Crippen LogP contribution < -0.4 is 20.3 Å². The van der Waals surface area contributed by atoms with Crippen molar-refractivity contribution in [3.63, 3.8) is 0 Å². The molecular formula is C20H28ClN3O3. The third kappa shape index (κ3) is 3.52. The van der Waals surface area contributed by atoms with E-state index in [1.807, 2.05) is 18.2 Å². The highest BCUT2D eigenvalue weighted by molar-refractivity contribution is 6.00. The number of ether oxygens (including phenoxy) is 1. The molecule has 2 aliphatic heterocycles. The van der Waals surface area contributed by atoms with Gasteiger partial charge >= 0.3 is 0 Å². The van der Waals surface area contributed by atoms with Gasteiger partial charge in [0.1, 0.15) is 5.75 Å². The van der Waals surface area contributed by atoms with Crippen LogP contribution in [0.25, 0.3) is 0 Å². The maximum absolute atomic E-state index is 13.2. The fourth-order valence-electron chi connectivity index (χ4n) is 4.83. The SMILES string of the molecule is COc1ccc(NC(=O)[C@@]23CCCC[C@H]2CNC3)cc1N1CCCC1=O.Cl. The molecule has 2 saturated heterocycles. The van der Waals surface area contributed by atoms with Crippen LogP contribution >= 0.6 is 12.4 Å². The van der Waals surface area contributed by atoms with E-state index in [1.54, 1.807) is 12.0 Å². The summed E-state index contributed by atoms with van der Waals surface area (Å²) in [6.07, 6.45) is 5.82. The van der Waals surface area contributed by atoms with Crippen LogP contribution in [-0.2, 0) is 9.59 Å². The van der Waals surface area contributed by atoms with Gasteiger partial charge in [-0.05, 0) is 49.9 Å². The van der Waals surface area contributed by atoms with Crippen molar-refractivity contribution in [3.8, 4) is 5.75 Å². The summed E-state index contributed by atoms with van der Waals surface area (Å²) in [6.45, 7) is 2.39. The second-order valence-corrected chi connectivity index (χ2v) is 7.72. The van der Waals surface area contributed by atoms with Crippen molar-refractivity contribution in [3.05, 3.63) is 18.2 Å². The number of carbonyl (C=O) groups excluding carboxylic acids is 2. The highest BCUT2D eigenvalue weighted by Gasteiger charge is 2.49. The Morgan fingerprint density at radius 3 is 2.93 bits per heavy atom. The smallest absolute Gasteiger partial charge is 0.232 e. The highest BCUT2D eigenvalue weighted by Crippen LogP contribution is 2.45. The van der Waals surface area contributed by atoms with Gasteiger partial charge in [-0.25, -0.2) is 0 Å². The summed E-state index contributed by atoms with van der Waals surface area (Å²) in [7, 11) is 1.60. The molecule has 3 fully saturated rings. The van der Waals surface area contributed by atoms with Crippen LogP contribution in [-0.4, -0.2) is 38.6 Å². The molecule has 1 aliphatic carbocycles. The Balaban J connectivity index is 0.00000210. The molecule has 4 rings (SSSR count). The van der Waals surface area contributed by atoms with Crippen LogP contribution in [0.1, 0.15) is 38.5 Å². The summed E-state index contributed by atoms with van der Waals surface area (Å²) < 4.78 is 5.43. The lowest BCUT2D eigenvalue weighted by molar-refractivity contribution is -0.128. The Hall–Kier alpha value is -1.79. The first-order valence-electron chi connectivity index (χ1n) is 9.65. The van der Waals surface area contributed by atoms with E-state index in [9.17, 15) is 9.59 Å². The quantitative estimate of drug-likeness (QED) is 0.825. The molecule has 2 atom stereocenters. The Morgan fingerprint density at radius 2 is 2.19 bits per heavy atom. The van der Waals surface area contributed by atoms with Gasteiger partial charge in [0.05, 0.1) is 18.2 Å². The van der Waals surface area contributed by atoms with Gasteiger partial charge in [-0.2, -0.15) is 0 Å². The van der Waals surface area contributed by atoms with Gasteiger partial charge in [0.15, 0.2) is 0 Å². The summed E-state index contributed by atoms with van der Waals surface area (Å²) in [4.78, 5) is 27.1. The lowest BCUT2D eigenvalue weighted by atomic mass is 9.67. The summed E-state index contributed by atoms with van der Waals surface area (Å²) in [6, 6.07) is 5.56. The average Bonchev–Trinajstić information content (AvgIpc) is 3.28. The Labute approximate surface area is 166 Å². The maximum atomic E-state index is 13.2. The fraction of sp³-hybridized carbons (Fsp3) is 0.600. The molecule has 2 heterocycles. The number of nitrogens with one attached hydrogen (secondary N) is 2. The van der Waals surface area contributed by atoms with E-state index in [1.165, 1.54) is 6.42 Å². The van der Waals surface area contributed by atoms with Crippen molar-refractivity contribution < 1.29 is 14.3 Å². The molecule has 7 heteroatoms. The third-order valence-electron chi connectivity index (χ3n) is 6.29. The Kier molecular flexibility index (Phi) is 5.96. The third-order valence-corrected chi connectivity index (χ3v) is 6.29. The monoisotopic (exact) mass is 393 g/mol. The minimum atomic E-state index is -0.290. The van der Waals surface area contributed by atoms with Crippen LogP contribution in [0.5, 0.6) is 5.75 Å². The predicted molar refractivity (Wildman–Crippen MR) is 108 cm³/mol. The minimum Gasteiger partial charge on any atom is -0.495 e. The first kappa shape index (κ1) is 20.0. The van der Waals surface area contributed by atoms with E-state index >= 15 is 0 Å². The van der Waals surface area contributed by atoms with Crippen molar-refractivity contribution in [1.82, 2.24) is 5.32 Å². The molecule has 1 saturated carbocycles. The second kappa shape index (κ2) is 8.07. The van der Waals surface area contributed by atoms with Gasteiger partial charge in [-0.1, -0.05) is 12.8 Å². The van der Waals surface area contributed by atoms with Crippen molar-refractivity contribution in [2.45, 2.75) is 38.5 Å². The number of hydrogen-bond acceptors (Lipinski definition) is 4. The van der Waals surface area contributed by atoms with E-state index < -0.39 is 0 Å². The molecule has 0 bridgehead atoms. The van der Waals surface area contributed by atoms with Gasteiger partial charge in [0.2, 0.25) is 11.8 Å². The molecule has 0 radical (unpaired) electrons. The highest BCUT2D eigenvalue weighted by atomic mass is 35.5. The number of amides is 2. The zero-order chi connectivity index (χ0) is 18.1. The van der Waals surface area contributed by atoms with Gasteiger partial charge in [-0.15, -0.1) is 12.4 Å². The number of methoxy groups -OCH3 is 1. The molecule has 2 N–H and O–H groups in total. The number of hydrogen-bond donors (Lipinski definition) is 2. The number of carbonyl (C=O) groups is 2. The Bertz CT molecular complexity index is 726. The van der Waals surface area contributed by atoms with Crippen LogP contribution in [0.15, 0.2) is 18.2 Å². The van der Waals surface area contributed by atoms with Crippen LogP contribution in [0.4, 0.5) is 11.4 Å². The van der Waals surface area contributed by atoms with Crippen LogP contribution in [0, 0.1) is 11.3 Å². The molecule has 0 spiro atoms. The van der Waals surface area contributed by atoms with Gasteiger partial charge in [0.25, 0.3) is 0 Å². The molecular weight excluding hydrogens is 366 g/mol. The predicted octanol–water partition coefficient (Wildman–Crippen LogP) is 2.96. The number of benzene rings is 1. The first-order chi connectivity index (χ1) is 12.6. The van der Waals surface area contributed by atoms with E-state index in [0.717, 1.165) is 50.1 Å². The first-order valence-corrected chi connectivity index (χ1v) is 9.65. The number of nitrogens with zero attached hydrogens (tertiary/aromatic N) is 1. The fourth-order valence-corrected chi connectivity index (χ4v) is 4.83. The van der Waals surface area contributed by atoms with Gasteiger partial charge < -0.3 is 20.3 Å². The summed E-state index contributed by atoms with van der Waals surface area (Å²) in [5.41, 5.74) is 1.19. The number of halogens is 1. The molecule has 6 nitrogen and oxygen atoms in total. The van der Waals surface area contributed by atoms with Crippen molar-refractivity contribution in [2.75, 3.05) is 37.0 Å². The van der Waals surface area contributed by atoms with Crippen LogP contribution in [0.2, 0.25) is 0 Å².